The fourth-order valence-corrected chi connectivity index (χ4v) is 2.78. The third kappa shape index (κ3) is 2.20. The van der Waals surface area contributed by atoms with Crippen LogP contribution in [0.5, 0.6) is 0 Å². The van der Waals surface area contributed by atoms with Crippen molar-refractivity contribution in [3.05, 3.63) is 59.9 Å². The van der Waals surface area contributed by atoms with Crippen LogP contribution in [0.2, 0.25) is 0 Å². The van der Waals surface area contributed by atoms with Gasteiger partial charge in [0.05, 0.1) is 16.8 Å². The van der Waals surface area contributed by atoms with Crippen molar-refractivity contribution >= 4 is 16.7 Å². The van der Waals surface area contributed by atoms with Crippen LogP contribution < -0.4 is 0 Å². The molecule has 0 radical (unpaired) electrons. The molecule has 0 aliphatic carbocycles. The first kappa shape index (κ1) is 14.6. The lowest BCUT2D eigenvalue weighted by Gasteiger charge is -2.12. The maximum absolute atomic E-state index is 13.1. The largest absolute Gasteiger partial charge is 0.416 e. The van der Waals surface area contributed by atoms with Gasteiger partial charge in [-0.15, -0.1) is 10.2 Å². The minimum absolute atomic E-state index is 0.360. The zero-order valence-electron chi connectivity index (χ0n) is 12.5. The summed E-state index contributed by atoms with van der Waals surface area (Å²) >= 11 is 0. The zero-order chi connectivity index (χ0) is 16.9. The number of benzene rings is 2. The summed E-state index contributed by atoms with van der Waals surface area (Å²) in [6.45, 7) is 1.74. The molecular weight excluding hydrogens is 317 g/mol. The molecule has 0 unspecified atom stereocenters. The predicted molar refractivity (Wildman–Crippen MR) is 83.5 cm³/mol. The van der Waals surface area contributed by atoms with Crippen LogP contribution in [-0.4, -0.2) is 19.6 Å². The van der Waals surface area contributed by atoms with E-state index in [2.05, 4.69) is 15.2 Å². The van der Waals surface area contributed by atoms with Gasteiger partial charge in [-0.1, -0.05) is 30.3 Å². The molecule has 0 fully saturated rings. The van der Waals surface area contributed by atoms with E-state index in [1.165, 1.54) is 6.07 Å². The highest BCUT2D eigenvalue weighted by molar-refractivity contribution is 5.94. The van der Waals surface area contributed by atoms with Gasteiger partial charge in [-0.25, -0.2) is 4.98 Å². The highest BCUT2D eigenvalue weighted by Gasteiger charge is 2.31. The summed E-state index contributed by atoms with van der Waals surface area (Å²) in [6, 6.07) is 12.7. The second kappa shape index (κ2) is 5.02. The molecule has 0 N–H and O–H groups in total. The van der Waals surface area contributed by atoms with Crippen LogP contribution in [0.4, 0.5) is 13.2 Å². The summed E-state index contributed by atoms with van der Waals surface area (Å²) in [5, 5.41) is 8.39. The summed E-state index contributed by atoms with van der Waals surface area (Å²) in [5.41, 5.74) is 1.06. The van der Waals surface area contributed by atoms with Gasteiger partial charge in [0.15, 0.2) is 0 Å². The second-order valence-corrected chi connectivity index (χ2v) is 5.44. The van der Waals surface area contributed by atoms with Gasteiger partial charge in [0, 0.05) is 10.9 Å². The van der Waals surface area contributed by atoms with Gasteiger partial charge in [0.25, 0.3) is 5.78 Å². The molecule has 24 heavy (non-hydrogen) atoms. The molecule has 0 bridgehead atoms. The Labute approximate surface area is 134 Å². The number of halogens is 3. The molecule has 4 aromatic rings. The van der Waals surface area contributed by atoms with Crippen molar-refractivity contribution in [3.8, 4) is 11.3 Å². The maximum Gasteiger partial charge on any atom is 0.416 e. The van der Waals surface area contributed by atoms with Crippen LogP contribution in [0, 0.1) is 6.92 Å². The normalized spacial score (nSPS) is 12.2. The van der Waals surface area contributed by atoms with E-state index in [1.807, 2.05) is 30.3 Å². The average Bonchev–Trinajstić information content (AvgIpc) is 2.95. The fraction of sp³-hybridized carbons (Fsp3) is 0.118. The SMILES string of the molecule is Cc1nnc2nc(-c3ccccc3)c3cc(C(F)(F)F)ccc3n12. The molecule has 0 spiro atoms. The first-order valence-electron chi connectivity index (χ1n) is 7.23. The predicted octanol–water partition coefficient (Wildman–Crippen LogP) is 4.27. The van der Waals surface area contributed by atoms with E-state index < -0.39 is 11.7 Å². The molecule has 0 amide bonds. The van der Waals surface area contributed by atoms with Crippen molar-refractivity contribution < 1.29 is 13.2 Å². The summed E-state index contributed by atoms with van der Waals surface area (Å²) in [6.07, 6.45) is -4.42. The Bertz CT molecular complexity index is 1050. The maximum atomic E-state index is 13.1. The van der Waals surface area contributed by atoms with E-state index in [0.29, 0.717) is 28.2 Å². The molecule has 7 heteroatoms. The third-order valence-electron chi connectivity index (χ3n) is 3.89. The fourth-order valence-electron chi connectivity index (χ4n) is 2.78. The Morgan fingerprint density at radius 2 is 1.71 bits per heavy atom. The van der Waals surface area contributed by atoms with Gasteiger partial charge in [-0.3, -0.25) is 4.40 Å². The average molecular weight is 328 g/mol. The van der Waals surface area contributed by atoms with E-state index in [1.54, 1.807) is 11.3 Å². The molecule has 0 saturated heterocycles. The Morgan fingerprint density at radius 1 is 0.958 bits per heavy atom. The van der Waals surface area contributed by atoms with Crippen LogP contribution in [0.1, 0.15) is 11.4 Å². The first-order valence-corrected chi connectivity index (χ1v) is 7.23. The van der Waals surface area contributed by atoms with Crippen molar-refractivity contribution in [2.24, 2.45) is 0 Å². The Balaban J connectivity index is 2.15. The Kier molecular flexibility index (Phi) is 3.06. The monoisotopic (exact) mass is 328 g/mol. The van der Waals surface area contributed by atoms with Crippen LogP contribution in [0.3, 0.4) is 0 Å². The number of hydrogen-bond donors (Lipinski definition) is 0. The summed E-state index contributed by atoms with van der Waals surface area (Å²) in [5.74, 6) is 0.931. The molecule has 0 atom stereocenters. The molecule has 120 valence electrons. The number of hydrogen-bond acceptors (Lipinski definition) is 3. The topological polar surface area (TPSA) is 43.1 Å². The summed E-state index contributed by atoms with van der Waals surface area (Å²) in [4.78, 5) is 4.44. The van der Waals surface area contributed by atoms with Gasteiger partial charge in [-0.2, -0.15) is 13.2 Å². The lowest BCUT2D eigenvalue weighted by atomic mass is 10.0. The smallest absolute Gasteiger partial charge is 0.263 e. The molecule has 4 rings (SSSR count). The van der Waals surface area contributed by atoms with Crippen LogP contribution in [0.25, 0.3) is 27.9 Å². The quantitative estimate of drug-likeness (QED) is 0.524. The molecule has 0 aliphatic rings. The van der Waals surface area contributed by atoms with Crippen LogP contribution in [-0.2, 0) is 6.18 Å². The van der Waals surface area contributed by atoms with E-state index in [9.17, 15) is 13.2 Å². The molecule has 4 nitrogen and oxygen atoms in total. The van der Waals surface area contributed by atoms with Gasteiger partial charge < -0.3 is 0 Å². The Morgan fingerprint density at radius 3 is 2.42 bits per heavy atom. The van der Waals surface area contributed by atoms with Crippen molar-refractivity contribution in [2.75, 3.05) is 0 Å². The van der Waals surface area contributed by atoms with Crippen molar-refractivity contribution in [1.29, 1.82) is 0 Å². The van der Waals surface area contributed by atoms with E-state index in [4.69, 9.17) is 0 Å². The highest BCUT2D eigenvalue weighted by Crippen LogP contribution is 2.34. The zero-order valence-corrected chi connectivity index (χ0v) is 12.5. The Hall–Kier alpha value is -2.96. The molecular formula is C17H11F3N4. The first-order chi connectivity index (χ1) is 11.4. The van der Waals surface area contributed by atoms with Crippen molar-refractivity contribution in [3.63, 3.8) is 0 Å². The standard InChI is InChI=1S/C17H11F3N4/c1-10-22-23-16-21-15(11-5-3-2-4-6-11)13-9-12(17(18,19)20)7-8-14(13)24(10)16/h2-9H,1H3. The molecule has 2 aromatic carbocycles. The number of alkyl halides is 3. The lowest BCUT2D eigenvalue weighted by Crippen LogP contribution is -2.06. The summed E-state index contributed by atoms with van der Waals surface area (Å²) < 4.78 is 41.0. The molecule has 2 aromatic heterocycles. The number of nitrogens with zero attached hydrogens (tertiary/aromatic N) is 4. The third-order valence-corrected chi connectivity index (χ3v) is 3.89. The van der Waals surface area contributed by atoms with Gasteiger partial charge >= 0.3 is 6.18 Å². The molecule has 0 saturated carbocycles. The highest BCUT2D eigenvalue weighted by atomic mass is 19.4. The van der Waals surface area contributed by atoms with Crippen molar-refractivity contribution in [1.82, 2.24) is 19.6 Å². The minimum Gasteiger partial charge on any atom is -0.263 e. The van der Waals surface area contributed by atoms with Gasteiger partial charge in [0.2, 0.25) is 0 Å². The number of fused-ring (bicyclic) bond motifs is 3. The number of aryl methyl sites for hydroxylation is 1. The van der Waals surface area contributed by atoms with Crippen LogP contribution >= 0.6 is 0 Å². The molecule has 2 heterocycles. The minimum atomic E-state index is -4.42. The molecule has 0 aliphatic heterocycles. The van der Waals surface area contributed by atoms with Gasteiger partial charge in [-0.05, 0) is 25.1 Å². The van der Waals surface area contributed by atoms with E-state index in [-0.39, 0.29) is 0 Å². The second-order valence-electron chi connectivity index (χ2n) is 5.44. The van der Waals surface area contributed by atoms with Gasteiger partial charge in [0.1, 0.15) is 5.82 Å². The lowest BCUT2D eigenvalue weighted by molar-refractivity contribution is -0.137. The van der Waals surface area contributed by atoms with Crippen molar-refractivity contribution in [2.45, 2.75) is 13.1 Å². The van der Waals surface area contributed by atoms with Crippen LogP contribution in [0.15, 0.2) is 48.5 Å². The van der Waals surface area contributed by atoms with E-state index in [0.717, 1.165) is 17.7 Å². The van der Waals surface area contributed by atoms with E-state index >= 15 is 0 Å². The summed E-state index contributed by atoms with van der Waals surface area (Å²) in [7, 11) is 0. The number of aromatic nitrogens is 4. The number of rotatable bonds is 1.